The number of nitrogens with one attached hydrogen (secondary N) is 2. The van der Waals surface area contributed by atoms with Gasteiger partial charge in [0.25, 0.3) is 0 Å². The molecule has 128 valence electrons. The molecule has 0 saturated heterocycles. The molecule has 5 nitrogen and oxygen atoms in total. The fourth-order valence-electron chi connectivity index (χ4n) is 2.03. The first-order chi connectivity index (χ1) is 11.7. The monoisotopic (exact) mass is 332 g/mol. The molecule has 0 aliphatic carbocycles. The molecule has 6 heteroatoms. The molecule has 2 rings (SSSR count). The largest absolute Gasteiger partial charge is 0.489 e. The molecule has 0 atom stereocenters. The quantitative estimate of drug-likeness (QED) is 0.692. The molecule has 0 spiro atoms. The number of benzene rings is 2. The maximum atomic E-state index is 13.5. The van der Waals surface area contributed by atoms with E-state index in [-0.39, 0.29) is 18.1 Å². The van der Waals surface area contributed by atoms with E-state index in [9.17, 15) is 9.18 Å². The molecule has 2 aromatic rings. The number of halogens is 1. The summed E-state index contributed by atoms with van der Waals surface area (Å²) in [6.07, 6.45) is 0. The Kier molecular flexibility index (Phi) is 7.04. The van der Waals surface area contributed by atoms with E-state index in [0.717, 1.165) is 0 Å². The lowest BCUT2D eigenvalue weighted by molar-refractivity contribution is -0.114. The number of ether oxygens (including phenoxy) is 2. The fourth-order valence-corrected chi connectivity index (χ4v) is 2.03. The van der Waals surface area contributed by atoms with Crippen LogP contribution in [0.15, 0.2) is 48.5 Å². The van der Waals surface area contributed by atoms with Gasteiger partial charge in [0, 0.05) is 6.61 Å². The second-order valence-electron chi connectivity index (χ2n) is 4.92. The molecule has 2 N–H and O–H groups in total. The zero-order chi connectivity index (χ0) is 17.2. The summed E-state index contributed by atoms with van der Waals surface area (Å²) in [6.45, 7) is 3.48. The van der Waals surface area contributed by atoms with E-state index >= 15 is 0 Å². The minimum atomic E-state index is -0.467. The average molecular weight is 332 g/mol. The Bertz CT molecular complexity index is 664. The van der Waals surface area contributed by atoms with Crippen LogP contribution in [0, 0.1) is 5.82 Å². The first-order valence-electron chi connectivity index (χ1n) is 7.78. The predicted octanol–water partition coefficient (Wildman–Crippen LogP) is 3.29. The molecular weight excluding hydrogens is 311 g/mol. The SMILES string of the molecule is CCOCCOc1ccccc1NCC(=O)Nc1ccccc1F. The van der Waals surface area contributed by atoms with Crippen LogP contribution in [0.4, 0.5) is 15.8 Å². The highest BCUT2D eigenvalue weighted by molar-refractivity contribution is 5.94. The third-order valence-electron chi connectivity index (χ3n) is 3.16. The van der Waals surface area contributed by atoms with Crippen LogP contribution in [-0.2, 0) is 9.53 Å². The number of anilines is 2. The van der Waals surface area contributed by atoms with E-state index in [1.54, 1.807) is 12.1 Å². The van der Waals surface area contributed by atoms with Crippen LogP contribution in [0.2, 0.25) is 0 Å². The minimum Gasteiger partial charge on any atom is -0.489 e. The van der Waals surface area contributed by atoms with Crippen LogP contribution in [0.3, 0.4) is 0 Å². The standard InChI is InChI=1S/C18H21FN2O3/c1-2-23-11-12-24-17-10-6-5-9-16(17)20-13-18(22)21-15-8-4-3-7-14(15)19/h3-10,20H,2,11-13H2,1H3,(H,21,22). The van der Waals surface area contributed by atoms with Crippen LogP contribution >= 0.6 is 0 Å². The summed E-state index contributed by atoms with van der Waals surface area (Å²) in [6, 6.07) is 13.3. The number of rotatable bonds is 9. The Morgan fingerprint density at radius 3 is 2.50 bits per heavy atom. The molecular formula is C18H21FN2O3. The molecule has 0 heterocycles. The molecule has 0 aliphatic heterocycles. The first kappa shape index (κ1) is 17.7. The van der Waals surface area contributed by atoms with Gasteiger partial charge in [-0.05, 0) is 31.2 Å². The van der Waals surface area contributed by atoms with Gasteiger partial charge in [0.05, 0.1) is 24.5 Å². The number of hydrogen-bond acceptors (Lipinski definition) is 4. The zero-order valence-corrected chi connectivity index (χ0v) is 13.5. The van der Waals surface area contributed by atoms with Crippen LogP contribution < -0.4 is 15.4 Å². The van der Waals surface area contributed by atoms with Gasteiger partial charge in [-0.2, -0.15) is 0 Å². The maximum absolute atomic E-state index is 13.5. The van der Waals surface area contributed by atoms with Crippen molar-refractivity contribution in [1.29, 1.82) is 0 Å². The third kappa shape index (κ3) is 5.55. The topological polar surface area (TPSA) is 59.6 Å². The van der Waals surface area contributed by atoms with E-state index in [4.69, 9.17) is 9.47 Å². The normalized spacial score (nSPS) is 10.2. The van der Waals surface area contributed by atoms with Gasteiger partial charge < -0.3 is 20.1 Å². The molecule has 24 heavy (non-hydrogen) atoms. The number of amides is 1. The lowest BCUT2D eigenvalue weighted by Crippen LogP contribution is -2.22. The summed E-state index contributed by atoms with van der Waals surface area (Å²) < 4.78 is 24.4. The summed E-state index contributed by atoms with van der Waals surface area (Å²) in [7, 11) is 0. The zero-order valence-electron chi connectivity index (χ0n) is 13.5. The molecule has 0 unspecified atom stereocenters. The molecule has 0 radical (unpaired) electrons. The Morgan fingerprint density at radius 2 is 1.75 bits per heavy atom. The molecule has 1 amide bonds. The van der Waals surface area contributed by atoms with Crippen molar-refractivity contribution < 1.29 is 18.7 Å². The first-order valence-corrected chi connectivity index (χ1v) is 7.78. The van der Waals surface area contributed by atoms with Crippen molar-refractivity contribution >= 4 is 17.3 Å². The summed E-state index contributed by atoms with van der Waals surface area (Å²) >= 11 is 0. The summed E-state index contributed by atoms with van der Waals surface area (Å²) in [5, 5.41) is 5.52. The molecule has 2 aromatic carbocycles. The highest BCUT2D eigenvalue weighted by atomic mass is 19.1. The van der Waals surface area contributed by atoms with Crippen LogP contribution in [0.5, 0.6) is 5.75 Å². The van der Waals surface area contributed by atoms with Crippen molar-refractivity contribution in [3.8, 4) is 5.75 Å². The summed E-state index contributed by atoms with van der Waals surface area (Å²) in [5.41, 5.74) is 0.850. The third-order valence-corrected chi connectivity index (χ3v) is 3.16. The summed E-state index contributed by atoms with van der Waals surface area (Å²) in [5.74, 6) is -0.175. The Hall–Kier alpha value is -2.60. The van der Waals surface area contributed by atoms with E-state index in [0.29, 0.717) is 31.3 Å². The molecule has 0 aliphatic rings. The van der Waals surface area contributed by atoms with Crippen LogP contribution in [0.25, 0.3) is 0 Å². The smallest absolute Gasteiger partial charge is 0.243 e. The Morgan fingerprint density at radius 1 is 1.04 bits per heavy atom. The second kappa shape index (κ2) is 9.52. The molecule has 0 aromatic heterocycles. The lowest BCUT2D eigenvalue weighted by atomic mass is 10.3. The van der Waals surface area contributed by atoms with Crippen LogP contribution in [0.1, 0.15) is 6.92 Å². The van der Waals surface area contributed by atoms with E-state index in [2.05, 4.69) is 10.6 Å². The Balaban J connectivity index is 1.87. The van der Waals surface area contributed by atoms with Crippen LogP contribution in [-0.4, -0.2) is 32.3 Å². The number of carbonyl (C=O) groups excluding carboxylic acids is 1. The number of hydrogen-bond donors (Lipinski definition) is 2. The highest BCUT2D eigenvalue weighted by Gasteiger charge is 2.08. The lowest BCUT2D eigenvalue weighted by Gasteiger charge is -2.13. The van der Waals surface area contributed by atoms with Gasteiger partial charge in [0.1, 0.15) is 18.2 Å². The number of para-hydroxylation sites is 3. The maximum Gasteiger partial charge on any atom is 0.243 e. The van der Waals surface area contributed by atoms with Crippen molar-refractivity contribution in [3.05, 3.63) is 54.3 Å². The average Bonchev–Trinajstić information content (AvgIpc) is 2.60. The molecule has 0 fully saturated rings. The van der Waals surface area contributed by atoms with Crippen molar-refractivity contribution in [1.82, 2.24) is 0 Å². The van der Waals surface area contributed by atoms with Gasteiger partial charge in [0.2, 0.25) is 5.91 Å². The van der Waals surface area contributed by atoms with Gasteiger partial charge in [0.15, 0.2) is 0 Å². The molecule has 0 bridgehead atoms. The fraction of sp³-hybridized carbons (Fsp3) is 0.278. The van der Waals surface area contributed by atoms with Gasteiger partial charge in [-0.3, -0.25) is 4.79 Å². The van der Waals surface area contributed by atoms with Crippen molar-refractivity contribution in [3.63, 3.8) is 0 Å². The van der Waals surface area contributed by atoms with Gasteiger partial charge in [-0.15, -0.1) is 0 Å². The van der Waals surface area contributed by atoms with Crippen molar-refractivity contribution in [2.45, 2.75) is 6.92 Å². The van der Waals surface area contributed by atoms with E-state index in [1.807, 2.05) is 31.2 Å². The van der Waals surface area contributed by atoms with Crippen molar-refractivity contribution in [2.75, 3.05) is 37.0 Å². The number of carbonyl (C=O) groups is 1. The summed E-state index contributed by atoms with van der Waals surface area (Å²) in [4.78, 5) is 11.9. The Labute approximate surface area is 140 Å². The minimum absolute atomic E-state index is 0.000166. The van der Waals surface area contributed by atoms with Crippen molar-refractivity contribution in [2.24, 2.45) is 0 Å². The van der Waals surface area contributed by atoms with Gasteiger partial charge in [-0.1, -0.05) is 24.3 Å². The van der Waals surface area contributed by atoms with E-state index in [1.165, 1.54) is 12.1 Å². The highest BCUT2D eigenvalue weighted by Crippen LogP contribution is 2.23. The predicted molar refractivity (Wildman–Crippen MR) is 91.9 cm³/mol. The molecule has 0 saturated carbocycles. The van der Waals surface area contributed by atoms with Gasteiger partial charge >= 0.3 is 0 Å². The van der Waals surface area contributed by atoms with E-state index < -0.39 is 5.82 Å². The second-order valence-corrected chi connectivity index (χ2v) is 4.92. The van der Waals surface area contributed by atoms with Gasteiger partial charge in [-0.25, -0.2) is 4.39 Å².